The molecule has 242 valence electrons. The van der Waals surface area contributed by atoms with Gasteiger partial charge in [0, 0.05) is 49.4 Å². The lowest BCUT2D eigenvalue weighted by Gasteiger charge is -2.42. The molecule has 0 spiro atoms. The van der Waals surface area contributed by atoms with Crippen LogP contribution in [0.4, 0.5) is 0 Å². The normalized spacial score (nSPS) is 20.1. The largest absolute Gasteiger partial charge is 0.392 e. The minimum absolute atomic E-state index is 0.00433. The second-order valence-corrected chi connectivity index (χ2v) is 13.9. The summed E-state index contributed by atoms with van der Waals surface area (Å²) in [6.45, 7) is 3.99. The second-order valence-electron chi connectivity index (χ2n) is 11.7. The van der Waals surface area contributed by atoms with Gasteiger partial charge in [-0.25, -0.2) is 0 Å². The van der Waals surface area contributed by atoms with E-state index in [1.54, 1.807) is 0 Å². The van der Waals surface area contributed by atoms with Gasteiger partial charge >= 0.3 is 0 Å². The number of likely N-dealkylation sites (N-methyl/N-ethyl adjacent to an activating group) is 1. The molecule has 0 aliphatic carbocycles. The molecule has 4 atom stereocenters. The number of amides is 1. The van der Waals surface area contributed by atoms with E-state index < -0.39 is 16.0 Å². The van der Waals surface area contributed by atoms with Crippen LogP contribution in [0.5, 0.6) is 0 Å². The molecule has 1 aliphatic rings. The predicted octanol–water partition coefficient (Wildman–Crippen LogP) is 7.19. The van der Waals surface area contributed by atoms with E-state index in [-0.39, 0.29) is 31.3 Å². The summed E-state index contributed by atoms with van der Waals surface area (Å²) in [5.41, 5.74) is 6.76. The molecule has 1 aliphatic heterocycles. The number of nitrogens with zero attached hydrogens (tertiary/aromatic N) is 2. The van der Waals surface area contributed by atoms with Crippen molar-refractivity contribution in [3.8, 4) is 11.1 Å². The maximum atomic E-state index is 12.0. The molecule has 3 aromatic carbocycles. The molecule has 1 amide bonds. The van der Waals surface area contributed by atoms with Crippen LogP contribution in [0.25, 0.3) is 11.1 Å². The molecule has 46 heavy (non-hydrogen) atoms. The third-order valence-electron chi connectivity index (χ3n) is 8.24. The maximum Gasteiger partial charge on any atom is 0.272 e. The second kappa shape index (κ2) is 15.7. The van der Waals surface area contributed by atoms with Crippen molar-refractivity contribution < 1.29 is 19.4 Å². The van der Waals surface area contributed by atoms with Crippen molar-refractivity contribution in [2.45, 2.75) is 48.8 Å². The average Bonchev–Trinajstić information content (AvgIpc) is 3.07. The van der Waals surface area contributed by atoms with E-state index in [9.17, 15) is 9.90 Å². The number of hydrogen-bond donors (Lipinski definition) is 2. The lowest BCUT2D eigenvalue weighted by Crippen LogP contribution is -2.43. The fraction of sp³-hybridized carbons (Fsp3) is 0.333. The fourth-order valence-electron chi connectivity index (χ4n) is 5.55. The summed E-state index contributed by atoms with van der Waals surface area (Å²) in [5.74, 6) is -0.591. The molecule has 1 saturated heterocycles. The summed E-state index contributed by atoms with van der Waals surface area (Å²) < 4.78 is 11.3. The van der Waals surface area contributed by atoms with E-state index >= 15 is 0 Å². The van der Waals surface area contributed by atoms with Crippen molar-refractivity contribution >= 4 is 40.7 Å². The number of ether oxygens (including phenoxy) is 2. The van der Waals surface area contributed by atoms with Gasteiger partial charge in [0.2, 0.25) is 0 Å². The van der Waals surface area contributed by atoms with Crippen LogP contribution in [0.3, 0.4) is 0 Å². The molecule has 7 nitrogen and oxygen atoms in total. The summed E-state index contributed by atoms with van der Waals surface area (Å²) in [7, 11) is 2.11. The Hall–Kier alpha value is -3.01. The van der Waals surface area contributed by atoms with Gasteiger partial charge < -0.3 is 24.8 Å². The Bertz CT molecular complexity index is 1570. The Morgan fingerprint density at radius 1 is 0.913 bits per heavy atom. The zero-order valence-electron chi connectivity index (χ0n) is 25.8. The molecule has 5 rings (SSSR count). The van der Waals surface area contributed by atoms with Gasteiger partial charge in [0.1, 0.15) is 0 Å². The van der Waals surface area contributed by atoms with Crippen LogP contribution >= 0.6 is 34.8 Å². The van der Waals surface area contributed by atoms with Crippen LogP contribution in [-0.4, -0.2) is 50.9 Å². The number of nitrogens with one attached hydrogen (secondary N) is 1. The van der Waals surface area contributed by atoms with E-state index in [0.717, 1.165) is 58.6 Å². The topological polar surface area (TPSA) is 83.9 Å². The Kier molecular flexibility index (Phi) is 11.7. The molecule has 2 N–H and O–H groups in total. The summed E-state index contributed by atoms with van der Waals surface area (Å²) >= 11 is 17.0. The van der Waals surface area contributed by atoms with E-state index in [0.29, 0.717) is 0 Å². The molecule has 0 bridgehead atoms. The summed E-state index contributed by atoms with van der Waals surface area (Å²) in [5, 5.41) is 12.2. The minimum atomic E-state index is -2.01. The number of aromatic nitrogens is 1. The molecular formula is C36H38Cl3N3O4. The number of benzene rings is 3. The van der Waals surface area contributed by atoms with Gasteiger partial charge in [-0.2, -0.15) is 0 Å². The molecule has 0 unspecified atom stereocenters. The smallest absolute Gasteiger partial charge is 0.272 e. The highest BCUT2D eigenvalue weighted by atomic mass is 35.6. The predicted molar refractivity (Wildman–Crippen MR) is 182 cm³/mol. The number of carbonyl (C=O) groups excluding carboxylic acids is 1. The van der Waals surface area contributed by atoms with Crippen LogP contribution < -0.4 is 5.32 Å². The molecule has 1 fully saturated rings. The highest BCUT2D eigenvalue weighted by Crippen LogP contribution is 2.42. The van der Waals surface area contributed by atoms with Crippen LogP contribution in [0.1, 0.15) is 47.3 Å². The summed E-state index contributed by atoms with van der Waals surface area (Å²) in [6, 6.07) is 29.9. The van der Waals surface area contributed by atoms with Gasteiger partial charge in [0.25, 0.3) is 9.70 Å². The lowest BCUT2D eigenvalue weighted by molar-refractivity contribution is -0.275. The van der Waals surface area contributed by atoms with Crippen LogP contribution in [0, 0.1) is 5.92 Å². The average molecular weight is 683 g/mol. The first-order valence-corrected chi connectivity index (χ1v) is 16.4. The number of alkyl halides is 3. The molecule has 1 aromatic heterocycles. The molecule has 2 heterocycles. The number of carbonyl (C=O) groups is 1. The number of aliphatic hydroxyl groups excluding tert-OH is 1. The van der Waals surface area contributed by atoms with Gasteiger partial charge in [0.05, 0.1) is 18.8 Å². The van der Waals surface area contributed by atoms with Crippen molar-refractivity contribution in [1.82, 2.24) is 15.2 Å². The van der Waals surface area contributed by atoms with Gasteiger partial charge in [-0.3, -0.25) is 9.78 Å². The van der Waals surface area contributed by atoms with Crippen molar-refractivity contribution in [1.29, 1.82) is 0 Å². The van der Waals surface area contributed by atoms with Crippen molar-refractivity contribution in [3.05, 3.63) is 125 Å². The van der Waals surface area contributed by atoms with Crippen LogP contribution in [0.15, 0.2) is 97.2 Å². The van der Waals surface area contributed by atoms with Gasteiger partial charge in [-0.05, 0) is 53.1 Å². The quantitative estimate of drug-likeness (QED) is 0.163. The van der Waals surface area contributed by atoms with E-state index in [1.165, 1.54) is 0 Å². The van der Waals surface area contributed by atoms with E-state index in [2.05, 4.69) is 29.2 Å². The van der Waals surface area contributed by atoms with E-state index in [1.807, 2.05) is 97.2 Å². The zero-order valence-corrected chi connectivity index (χ0v) is 28.1. The Morgan fingerprint density at radius 3 is 2.33 bits per heavy atom. The first-order valence-electron chi connectivity index (χ1n) is 15.2. The number of pyridine rings is 1. The first kappa shape index (κ1) is 34.3. The van der Waals surface area contributed by atoms with Crippen LogP contribution in [0.2, 0.25) is 0 Å². The summed E-state index contributed by atoms with van der Waals surface area (Å²) in [6.07, 6.45) is 1.83. The Morgan fingerprint density at radius 2 is 1.65 bits per heavy atom. The highest BCUT2D eigenvalue weighted by molar-refractivity contribution is 6.76. The van der Waals surface area contributed by atoms with Gasteiger partial charge in [-0.1, -0.05) is 115 Å². The molecule has 0 radical (unpaired) electrons. The monoisotopic (exact) mass is 681 g/mol. The van der Waals surface area contributed by atoms with E-state index in [4.69, 9.17) is 44.3 Å². The lowest BCUT2D eigenvalue weighted by atomic mass is 9.90. The minimum Gasteiger partial charge on any atom is -0.392 e. The Labute approximate surface area is 285 Å². The highest BCUT2D eigenvalue weighted by Gasteiger charge is 2.38. The standard InChI is InChI=1S/C36H38Cl3N3O4/c1-24-32(22-42(2)19-17-31-8-3-4-18-40-31)45-34(46-33(24)28-11-9-25(23-43)10-12-28)29-15-13-27(14-16-29)30-7-5-6-26(20-30)21-41-35(44)36(37,38)39/h3-16,18,20,24,32-34,43H,17,19,21-23H2,1-2H3,(H,41,44)/t24-,32+,33+,34+/m0/s1. The summed E-state index contributed by atoms with van der Waals surface area (Å²) in [4.78, 5) is 18.7. The third-order valence-corrected chi connectivity index (χ3v) is 8.76. The number of rotatable bonds is 11. The molecule has 4 aromatic rings. The zero-order chi connectivity index (χ0) is 32.7. The SMILES string of the molecule is C[C@H]1[C@@H](CN(C)CCc2ccccn2)O[C@@H](c2ccc(-c3cccc(CNC(=O)C(Cl)(Cl)Cl)c3)cc2)O[C@H]1c1ccc(CO)cc1. The van der Waals surface area contributed by atoms with Gasteiger partial charge in [0.15, 0.2) is 6.29 Å². The number of aliphatic hydroxyl groups is 1. The van der Waals surface area contributed by atoms with Crippen molar-refractivity contribution in [2.75, 3.05) is 20.1 Å². The maximum absolute atomic E-state index is 12.0. The number of halogens is 3. The molecule has 0 saturated carbocycles. The first-order chi connectivity index (χ1) is 22.1. The number of hydrogen-bond acceptors (Lipinski definition) is 6. The van der Waals surface area contributed by atoms with Gasteiger partial charge in [-0.15, -0.1) is 0 Å². The Balaban J connectivity index is 1.32. The van der Waals surface area contributed by atoms with Crippen molar-refractivity contribution in [3.63, 3.8) is 0 Å². The third kappa shape index (κ3) is 9.07. The van der Waals surface area contributed by atoms with Crippen LogP contribution in [-0.2, 0) is 33.8 Å². The molecular weight excluding hydrogens is 645 g/mol. The molecule has 10 heteroatoms. The fourth-order valence-corrected chi connectivity index (χ4v) is 5.75. The van der Waals surface area contributed by atoms with Crippen molar-refractivity contribution in [2.24, 2.45) is 5.92 Å².